The number of thioether (sulfide) groups is 1. The van der Waals surface area contributed by atoms with Crippen LogP contribution in [0.4, 0.5) is 0 Å². The van der Waals surface area contributed by atoms with Gasteiger partial charge in [-0.3, -0.25) is 0 Å². The van der Waals surface area contributed by atoms with Gasteiger partial charge in [-0.2, -0.15) is 0 Å². The Kier molecular flexibility index (Phi) is 11.3. The summed E-state index contributed by atoms with van der Waals surface area (Å²) in [5, 5.41) is 2.20. The quantitative estimate of drug-likeness (QED) is 0.305. The predicted octanol–water partition coefficient (Wildman–Crippen LogP) is 8.21. The largest absolute Gasteiger partial charge is 4.00 e. The van der Waals surface area contributed by atoms with Crippen molar-refractivity contribution in [1.82, 2.24) is 0 Å². The number of nitrogens with zero attached hydrogens (tertiary/aromatic N) is 1. The van der Waals surface area contributed by atoms with Crippen LogP contribution < -0.4 is 5.19 Å². The van der Waals surface area contributed by atoms with Gasteiger partial charge in [-0.1, -0.05) is 94.4 Å². The fraction of sp³-hybridized carbons (Fsp3) is 0.464. The Balaban J connectivity index is 0.00000240. The molecule has 6 atom stereocenters. The van der Waals surface area contributed by atoms with Crippen LogP contribution in [0.3, 0.4) is 0 Å². The van der Waals surface area contributed by atoms with Gasteiger partial charge >= 0.3 is 21.7 Å². The molecular weight excluding hydrogens is 458 g/mol. The molecule has 1 fully saturated rings. The van der Waals surface area contributed by atoms with Crippen molar-refractivity contribution in [1.29, 1.82) is 0 Å². The van der Waals surface area contributed by atoms with Gasteiger partial charge < -0.3 is 27.3 Å². The molecule has 6 unspecified atom stereocenters. The summed E-state index contributed by atoms with van der Waals surface area (Å²) in [5.41, 5.74) is 3.66. The summed E-state index contributed by atoms with van der Waals surface area (Å²) >= 11 is 2.15. The SMILES string of the molecule is Cc1ccccc1[Si](C)([N-]C(C)(C)C)C1C(C)C(C)C2c3ccccc3SC21.[CH3-].[CH3-].[CH3-].[Ti+4]. The standard InChI is InChI=1S/C25H34NSSi.3CH3.Ti/c1-16-12-8-11-15-21(16)28(7,26-25(4,5)6)24-18(3)17(2)22-19-13-9-10-14-20(19)27-23(22)24;;;;/h8-15,17-18,22-24H,1-7H3;3*1H3;/q4*-1;+4. The molecule has 0 bridgehead atoms. The van der Waals surface area contributed by atoms with Gasteiger partial charge in [0, 0.05) is 10.1 Å². The molecule has 174 valence electrons. The first-order valence-corrected chi connectivity index (χ1v) is 14.1. The molecule has 1 nitrogen and oxygen atoms in total. The Morgan fingerprint density at radius 2 is 1.44 bits per heavy atom. The normalized spacial score (nSPS) is 27.4. The Labute approximate surface area is 219 Å². The minimum absolute atomic E-state index is 0. The molecule has 0 radical (unpaired) electrons. The van der Waals surface area contributed by atoms with Gasteiger partial charge in [0.15, 0.2) is 0 Å². The molecule has 1 aliphatic heterocycles. The van der Waals surface area contributed by atoms with Crippen LogP contribution in [-0.2, 0) is 21.7 Å². The summed E-state index contributed by atoms with van der Waals surface area (Å²) in [5.74, 6) is 2.07. The third-order valence-corrected chi connectivity index (χ3v) is 13.8. The summed E-state index contributed by atoms with van der Waals surface area (Å²) in [7, 11) is -2.10. The summed E-state index contributed by atoms with van der Waals surface area (Å²) in [6.45, 7) is 16.7. The summed E-state index contributed by atoms with van der Waals surface area (Å²) < 4.78 is 0. The molecule has 0 saturated heterocycles. The topological polar surface area (TPSA) is 14.1 Å². The van der Waals surface area contributed by atoms with Gasteiger partial charge in [0.25, 0.3) is 0 Å². The Morgan fingerprint density at radius 3 is 2.03 bits per heavy atom. The maximum atomic E-state index is 5.69. The Hall–Kier alpha value is -0.319. The molecule has 0 aromatic heterocycles. The molecule has 1 heterocycles. The van der Waals surface area contributed by atoms with Crippen LogP contribution in [0.15, 0.2) is 53.4 Å². The van der Waals surface area contributed by atoms with E-state index in [1.165, 1.54) is 10.5 Å². The van der Waals surface area contributed by atoms with E-state index in [0.29, 0.717) is 28.5 Å². The van der Waals surface area contributed by atoms with Crippen molar-refractivity contribution in [2.24, 2.45) is 11.8 Å². The van der Waals surface area contributed by atoms with Crippen LogP contribution in [-0.4, -0.2) is 19.0 Å². The van der Waals surface area contributed by atoms with E-state index >= 15 is 0 Å². The summed E-state index contributed by atoms with van der Waals surface area (Å²) in [6.07, 6.45) is 0. The molecule has 32 heavy (non-hydrogen) atoms. The van der Waals surface area contributed by atoms with Crippen molar-refractivity contribution in [3.8, 4) is 0 Å². The first-order valence-electron chi connectivity index (χ1n) is 10.7. The molecule has 2 aromatic carbocycles. The third kappa shape index (κ3) is 5.33. The smallest absolute Gasteiger partial charge is 0.656 e. The summed E-state index contributed by atoms with van der Waals surface area (Å²) in [6, 6.07) is 18.2. The van der Waals surface area contributed by atoms with E-state index in [0.717, 1.165) is 0 Å². The van der Waals surface area contributed by atoms with Gasteiger partial charge in [0.2, 0.25) is 0 Å². The first kappa shape index (κ1) is 31.7. The van der Waals surface area contributed by atoms with Gasteiger partial charge in [0.05, 0.1) is 0 Å². The van der Waals surface area contributed by atoms with Crippen LogP contribution in [0, 0.1) is 41.0 Å². The van der Waals surface area contributed by atoms with Crippen LogP contribution in [0.2, 0.25) is 12.1 Å². The van der Waals surface area contributed by atoms with E-state index in [-0.39, 0.29) is 49.5 Å². The number of hydrogen-bond acceptors (Lipinski definition) is 1. The molecule has 2 aliphatic rings. The molecule has 4 heteroatoms. The fourth-order valence-corrected chi connectivity index (χ4v) is 14.3. The van der Waals surface area contributed by atoms with Crippen molar-refractivity contribution in [2.75, 3.05) is 0 Å². The molecule has 0 amide bonds. The van der Waals surface area contributed by atoms with E-state index in [9.17, 15) is 0 Å². The van der Waals surface area contributed by atoms with Crippen LogP contribution in [0.5, 0.6) is 0 Å². The van der Waals surface area contributed by atoms with Crippen molar-refractivity contribution in [3.63, 3.8) is 0 Å². The number of rotatable bonds is 3. The zero-order chi connectivity index (χ0) is 20.3. The molecule has 1 saturated carbocycles. The van der Waals surface area contributed by atoms with E-state index < -0.39 is 8.24 Å². The first-order chi connectivity index (χ1) is 13.1. The molecular formula is C28H43NSSiTi. The number of hydrogen-bond donors (Lipinski definition) is 0. The minimum atomic E-state index is -2.10. The summed E-state index contributed by atoms with van der Waals surface area (Å²) in [4.78, 5) is 7.20. The second-order valence-electron chi connectivity index (χ2n) is 10.1. The van der Waals surface area contributed by atoms with Crippen LogP contribution in [0.25, 0.3) is 4.98 Å². The number of aryl methyl sites for hydroxylation is 1. The Morgan fingerprint density at radius 1 is 0.875 bits per heavy atom. The van der Waals surface area contributed by atoms with E-state index in [1.807, 2.05) is 0 Å². The van der Waals surface area contributed by atoms with Gasteiger partial charge in [0.1, 0.15) is 0 Å². The second kappa shape index (κ2) is 11.4. The predicted molar refractivity (Wildman–Crippen MR) is 146 cm³/mol. The number of fused-ring (bicyclic) bond motifs is 3. The second-order valence-corrected chi connectivity index (χ2v) is 15.1. The molecule has 2 aromatic rings. The number of benzene rings is 2. The van der Waals surface area contributed by atoms with Crippen molar-refractivity contribution < 1.29 is 21.7 Å². The van der Waals surface area contributed by atoms with Crippen LogP contribution in [0.1, 0.15) is 51.7 Å². The van der Waals surface area contributed by atoms with E-state index in [2.05, 4.69) is 108 Å². The van der Waals surface area contributed by atoms with Crippen molar-refractivity contribution >= 4 is 25.2 Å². The Bertz CT molecular complexity index is 880. The molecule has 1 aliphatic carbocycles. The third-order valence-electron chi connectivity index (χ3n) is 7.12. The van der Waals surface area contributed by atoms with Crippen molar-refractivity contribution in [2.45, 2.75) is 75.2 Å². The fourth-order valence-electron chi connectivity index (χ4n) is 6.08. The maximum absolute atomic E-state index is 5.69. The monoisotopic (exact) mass is 501 g/mol. The molecule has 0 spiro atoms. The zero-order valence-corrected chi connectivity index (χ0v) is 25.2. The van der Waals surface area contributed by atoms with E-state index in [1.54, 1.807) is 10.8 Å². The average Bonchev–Trinajstić information content (AvgIpc) is 3.09. The minimum Gasteiger partial charge on any atom is -0.656 e. The van der Waals surface area contributed by atoms with Gasteiger partial charge in [-0.05, 0) is 50.1 Å². The zero-order valence-electron chi connectivity index (χ0n) is 21.9. The van der Waals surface area contributed by atoms with Crippen LogP contribution >= 0.6 is 11.8 Å². The average molecular weight is 502 g/mol. The van der Waals surface area contributed by atoms with E-state index in [4.69, 9.17) is 4.98 Å². The van der Waals surface area contributed by atoms with Crippen molar-refractivity contribution in [3.05, 3.63) is 86.9 Å². The molecule has 0 N–H and O–H groups in total. The van der Waals surface area contributed by atoms with Gasteiger partial charge in [-0.15, -0.1) is 17.3 Å². The van der Waals surface area contributed by atoms with Gasteiger partial charge in [-0.25, -0.2) is 0 Å². The molecule has 4 rings (SSSR count). The maximum Gasteiger partial charge on any atom is 4.00 e.